The number of benzene rings is 1. The van der Waals surface area contributed by atoms with Crippen LogP contribution in [0.3, 0.4) is 0 Å². The monoisotopic (exact) mass is 258 g/mol. The fraction of sp³-hybridized carbons (Fsp3) is 0.417. The molecule has 1 aromatic carbocycles. The zero-order chi connectivity index (χ0) is 11.9. The molecule has 2 rings (SSSR count). The fourth-order valence-corrected chi connectivity index (χ4v) is 2.96. The minimum Gasteiger partial charge on any atom is -0.481 e. The van der Waals surface area contributed by atoms with Gasteiger partial charge in [0.25, 0.3) is 0 Å². The predicted octanol–water partition coefficient (Wildman–Crippen LogP) is 3.75. The molecule has 4 heteroatoms. The van der Waals surface area contributed by atoms with Gasteiger partial charge in [-0.25, -0.2) is 0 Å². The van der Waals surface area contributed by atoms with Crippen LogP contribution in [0.1, 0.15) is 25.3 Å². The Balaban J connectivity index is 2.46. The van der Waals surface area contributed by atoms with Gasteiger partial charge in [-0.1, -0.05) is 42.6 Å². The Hall–Kier alpha value is -0.730. The number of carboxylic acid groups (broad SMARTS) is 1. The van der Waals surface area contributed by atoms with E-state index in [2.05, 4.69) is 0 Å². The molecule has 0 radical (unpaired) electrons. The highest BCUT2D eigenvalue weighted by Crippen LogP contribution is 2.57. The summed E-state index contributed by atoms with van der Waals surface area (Å²) < 4.78 is 0. The lowest BCUT2D eigenvalue weighted by atomic mass is 9.92. The molecule has 0 spiro atoms. The van der Waals surface area contributed by atoms with E-state index in [1.54, 1.807) is 18.2 Å². The molecule has 2 nitrogen and oxygen atoms in total. The third-order valence-electron chi connectivity index (χ3n) is 3.39. The van der Waals surface area contributed by atoms with Crippen molar-refractivity contribution in [3.05, 3.63) is 33.8 Å². The molecule has 0 aliphatic heterocycles. The Morgan fingerprint density at radius 3 is 2.69 bits per heavy atom. The second kappa shape index (κ2) is 3.94. The molecule has 1 fully saturated rings. The van der Waals surface area contributed by atoms with Gasteiger partial charge in [0.2, 0.25) is 0 Å². The molecule has 1 N–H and O–H groups in total. The van der Waals surface area contributed by atoms with E-state index < -0.39 is 11.4 Å². The van der Waals surface area contributed by atoms with E-state index >= 15 is 0 Å². The van der Waals surface area contributed by atoms with Crippen molar-refractivity contribution < 1.29 is 9.90 Å². The lowest BCUT2D eigenvalue weighted by molar-refractivity contribution is -0.140. The predicted molar refractivity (Wildman–Crippen MR) is 64.2 cm³/mol. The molecule has 2 atom stereocenters. The maximum atomic E-state index is 11.4. The average Bonchev–Trinajstić information content (AvgIpc) is 2.93. The lowest BCUT2D eigenvalue weighted by Gasteiger charge is -2.14. The van der Waals surface area contributed by atoms with E-state index in [1.807, 2.05) is 6.92 Å². The summed E-state index contributed by atoms with van der Waals surface area (Å²) in [5.41, 5.74) is -0.0888. The van der Waals surface area contributed by atoms with Gasteiger partial charge in [0, 0.05) is 10.0 Å². The first-order valence-corrected chi connectivity index (χ1v) is 5.97. The second-order valence-electron chi connectivity index (χ2n) is 4.21. The number of hydrogen-bond donors (Lipinski definition) is 1. The smallest absolute Gasteiger partial charge is 0.314 e. The largest absolute Gasteiger partial charge is 0.481 e. The SMILES string of the molecule is CCC1CC1(C(=O)O)c1ccc(Cl)cc1Cl. The van der Waals surface area contributed by atoms with Gasteiger partial charge in [0.05, 0.1) is 5.41 Å². The first-order chi connectivity index (χ1) is 7.52. The van der Waals surface area contributed by atoms with E-state index in [0.29, 0.717) is 22.0 Å². The van der Waals surface area contributed by atoms with E-state index in [1.165, 1.54) is 0 Å². The standard InChI is InChI=1S/C12H12Cl2O2/c1-2-7-6-12(7,11(15)16)9-4-3-8(13)5-10(9)14/h3-5,7H,2,6H2,1H3,(H,15,16). The normalized spacial score (nSPS) is 27.8. The molecule has 2 unspecified atom stereocenters. The van der Waals surface area contributed by atoms with Crippen LogP contribution in [0.25, 0.3) is 0 Å². The van der Waals surface area contributed by atoms with Crippen molar-refractivity contribution in [1.29, 1.82) is 0 Å². The van der Waals surface area contributed by atoms with Gasteiger partial charge in [0.15, 0.2) is 0 Å². The number of carboxylic acids is 1. The second-order valence-corrected chi connectivity index (χ2v) is 5.05. The zero-order valence-electron chi connectivity index (χ0n) is 8.84. The fourth-order valence-electron chi connectivity index (χ4n) is 2.38. The van der Waals surface area contributed by atoms with E-state index in [0.717, 1.165) is 6.42 Å². The van der Waals surface area contributed by atoms with Gasteiger partial charge in [0.1, 0.15) is 0 Å². The number of rotatable bonds is 3. The first-order valence-electron chi connectivity index (χ1n) is 5.21. The first kappa shape index (κ1) is 11.7. The molecule has 86 valence electrons. The van der Waals surface area contributed by atoms with Crippen molar-refractivity contribution in [2.45, 2.75) is 25.2 Å². The lowest BCUT2D eigenvalue weighted by Crippen LogP contribution is -2.22. The summed E-state index contributed by atoms with van der Waals surface area (Å²) >= 11 is 11.9. The van der Waals surface area contributed by atoms with Crippen LogP contribution in [-0.4, -0.2) is 11.1 Å². The highest BCUT2D eigenvalue weighted by atomic mass is 35.5. The van der Waals surface area contributed by atoms with Crippen molar-refractivity contribution in [1.82, 2.24) is 0 Å². The van der Waals surface area contributed by atoms with Gasteiger partial charge < -0.3 is 5.11 Å². The third kappa shape index (κ3) is 1.61. The van der Waals surface area contributed by atoms with Crippen LogP contribution in [0.15, 0.2) is 18.2 Å². The minimum absolute atomic E-state index is 0.184. The van der Waals surface area contributed by atoms with Crippen molar-refractivity contribution in [2.24, 2.45) is 5.92 Å². The molecular formula is C12H12Cl2O2. The quantitative estimate of drug-likeness (QED) is 0.897. The molecule has 16 heavy (non-hydrogen) atoms. The van der Waals surface area contributed by atoms with E-state index in [-0.39, 0.29) is 5.92 Å². The summed E-state index contributed by atoms with van der Waals surface area (Å²) in [6.45, 7) is 2.00. The number of hydrogen-bond acceptors (Lipinski definition) is 1. The molecule has 1 aromatic rings. The van der Waals surface area contributed by atoms with Gasteiger partial charge in [-0.05, 0) is 30.0 Å². The highest BCUT2D eigenvalue weighted by molar-refractivity contribution is 6.35. The molecule has 0 amide bonds. The van der Waals surface area contributed by atoms with E-state index in [4.69, 9.17) is 23.2 Å². The number of carbonyl (C=O) groups is 1. The Labute approximate surface area is 104 Å². The van der Waals surface area contributed by atoms with Crippen LogP contribution >= 0.6 is 23.2 Å². The Bertz CT molecular complexity index is 445. The van der Waals surface area contributed by atoms with Gasteiger partial charge >= 0.3 is 5.97 Å². The van der Waals surface area contributed by atoms with Crippen LogP contribution < -0.4 is 0 Å². The summed E-state index contributed by atoms with van der Waals surface area (Å²) in [5, 5.41) is 10.3. The molecule has 0 aromatic heterocycles. The summed E-state index contributed by atoms with van der Waals surface area (Å²) in [4.78, 5) is 11.4. The topological polar surface area (TPSA) is 37.3 Å². The maximum absolute atomic E-state index is 11.4. The van der Waals surface area contributed by atoms with Crippen LogP contribution in [0.4, 0.5) is 0 Å². The number of halogens is 2. The summed E-state index contributed by atoms with van der Waals surface area (Å²) in [6, 6.07) is 5.03. The zero-order valence-corrected chi connectivity index (χ0v) is 10.3. The summed E-state index contributed by atoms with van der Waals surface area (Å²) in [5.74, 6) is -0.604. The molecule has 0 bridgehead atoms. The Morgan fingerprint density at radius 2 is 2.25 bits per heavy atom. The highest BCUT2D eigenvalue weighted by Gasteiger charge is 2.61. The van der Waals surface area contributed by atoms with Crippen LogP contribution in [0.5, 0.6) is 0 Å². The molecular weight excluding hydrogens is 247 g/mol. The van der Waals surface area contributed by atoms with Crippen molar-refractivity contribution in [3.8, 4) is 0 Å². The number of aliphatic carboxylic acids is 1. The van der Waals surface area contributed by atoms with Gasteiger partial charge in [-0.3, -0.25) is 4.79 Å². The Morgan fingerprint density at radius 1 is 1.56 bits per heavy atom. The molecule has 1 aliphatic carbocycles. The molecule has 1 aliphatic rings. The van der Waals surface area contributed by atoms with Crippen molar-refractivity contribution >= 4 is 29.2 Å². The van der Waals surface area contributed by atoms with Gasteiger partial charge in [-0.15, -0.1) is 0 Å². The molecule has 0 saturated heterocycles. The van der Waals surface area contributed by atoms with Crippen LogP contribution in [0.2, 0.25) is 10.0 Å². The van der Waals surface area contributed by atoms with Crippen molar-refractivity contribution in [3.63, 3.8) is 0 Å². The maximum Gasteiger partial charge on any atom is 0.314 e. The minimum atomic E-state index is -0.788. The van der Waals surface area contributed by atoms with Crippen LogP contribution in [0, 0.1) is 5.92 Å². The summed E-state index contributed by atoms with van der Waals surface area (Å²) in [7, 11) is 0. The van der Waals surface area contributed by atoms with Crippen LogP contribution in [-0.2, 0) is 10.2 Å². The third-order valence-corrected chi connectivity index (χ3v) is 3.94. The molecule has 0 heterocycles. The summed E-state index contributed by atoms with van der Waals surface area (Å²) in [6.07, 6.45) is 1.52. The molecule has 1 saturated carbocycles. The van der Waals surface area contributed by atoms with Gasteiger partial charge in [-0.2, -0.15) is 0 Å². The average molecular weight is 259 g/mol. The van der Waals surface area contributed by atoms with Crippen molar-refractivity contribution in [2.75, 3.05) is 0 Å². The van der Waals surface area contributed by atoms with E-state index in [9.17, 15) is 9.90 Å². The Kier molecular flexibility index (Phi) is 2.89.